The Morgan fingerprint density at radius 3 is 2.55 bits per heavy atom. The molecule has 110 valence electrons. The summed E-state index contributed by atoms with van der Waals surface area (Å²) in [5, 5.41) is 3.47. The Morgan fingerprint density at radius 2 is 2.00 bits per heavy atom. The van der Waals surface area contributed by atoms with E-state index in [1.807, 2.05) is 18.3 Å². The van der Waals surface area contributed by atoms with E-state index in [0.29, 0.717) is 5.92 Å². The van der Waals surface area contributed by atoms with E-state index in [4.69, 9.17) is 0 Å². The molecule has 0 aliphatic heterocycles. The van der Waals surface area contributed by atoms with E-state index in [-0.39, 0.29) is 0 Å². The first-order valence-corrected chi connectivity index (χ1v) is 7.69. The average molecular weight is 338 g/mol. The lowest BCUT2D eigenvalue weighted by Gasteiger charge is -2.23. The number of nitrogens with zero attached hydrogens (tertiary/aromatic N) is 2. The molecule has 0 bridgehead atoms. The molecule has 1 heterocycles. The number of rotatable bonds is 9. The van der Waals surface area contributed by atoms with E-state index in [1.54, 1.807) is 0 Å². The minimum atomic E-state index is 0.635. The van der Waals surface area contributed by atoms with Crippen molar-refractivity contribution >= 4 is 21.7 Å². The molecule has 1 aromatic heterocycles. The Morgan fingerprint density at radius 1 is 1.35 bits per heavy atom. The van der Waals surface area contributed by atoms with Gasteiger partial charge in [-0.15, -0.1) is 13.2 Å². The number of hydrogen-bond donors (Lipinski definition) is 1. The van der Waals surface area contributed by atoms with Crippen molar-refractivity contribution in [3.05, 3.63) is 47.6 Å². The molecule has 0 unspecified atom stereocenters. The Balaban J connectivity index is 2.91. The maximum atomic E-state index is 4.56. The van der Waals surface area contributed by atoms with Gasteiger partial charge >= 0.3 is 0 Å². The highest BCUT2D eigenvalue weighted by molar-refractivity contribution is 9.10. The van der Waals surface area contributed by atoms with Crippen LogP contribution in [0.15, 0.2) is 42.0 Å². The highest BCUT2D eigenvalue weighted by atomic mass is 79.9. The SMILES string of the molecule is C=CCN(CC=C)c1ncc(Br)cc1CNCC(C)C. The maximum Gasteiger partial charge on any atom is 0.133 e. The summed E-state index contributed by atoms with van der Waals surface area (Å²) in [4.78, 5) is 6.72. The van der Waals surface area contributed by atoms with Crippen LogP contribution in [0.1, 0.15) is 19.4 Å². The van der Waals surface area contributed by atoms with Crippen molar-refractivity contribution in [3.8, 4) is 0 Å². The van der Waals surface area contributed by atoms with E-state index in [1.165, 1.54) is 5.56 Å². The van der Waals surface area contributed by atoms with Crippen molar-refractivity contribution in [2.75, 3.05) is 24.5 Å². The van der Waals surface area contributed by atoms with Crippen molar-refractivity contribution in [3.63, 3.8) is 0 Å². The van der Waals surface area contributed by atoms with Crippen LogP contribution in [0.4, 0.5) is 5.82 Å². The molecule has 4 heteroatoms. The van der Waals surface area contributed by atoms with Crippen molar-refractivity contribution in [1.82, 2.24) is 10.3 Å². The fourth-order valence-corrected chi connectivity index (χ4v) is 2.32. The number of pyridine rings is 1. The summed E-state index contributed by atoms with van der Waals surface area (Å²) in [6.07, 6.45) is 5.61. The molecule has 1 N–H and O–H groups in total. The second-order valence-corrected chi connectivity index (χ2v) is 6.06. The number of hydrogen-bond acceptors (Lipinski definition) is 3. The minimum Gasteiger partial charge on any atom is -0.349 e. The van der Waals surface area contributed by atoms with Gasteiger partial charge in [0.1, 0.15) is 5.82 Å². The summed E-state index contributed by atoms with van der Waals surface area (Å²) in [5.74, 6) is 1.63. The lowest BCUT2D eigenvalue weighted by Crippen LogP contribution is -2.27. The van der Waals surface area contributed by atoms with Crippen LogP contribution in [0.3, 0.4) is 0 Å². The third-order valence-electron chi connectivity index (χ3n) is 2.78. The predicted octanol–water partition coefficient (Wildman–Crippen LogP) is 3.77. The predicted molar refractivity (Wildman–Crippen MR) is 91.1 cm³/mol. The zero-order chi connectivity index (χ0) is 15.0. The smallest absolute Gasteiger partial charge is 0.133 e. The zero-order valence-electron chi connectivity index (χ0n) is 12.4. The topological polar surface area (TPSA) is 28.2 Å². The van der Waals surface area contributed by atoms with E-state index in [9.17, 15) is 0 Å². The lowest BCUT2D eigenvalue weighted by atomic mass is 10.2. The van der Waals surface area contributed by atoms with Gasteiger partial charge < -0.3 is 10.2 Å². The molecule has 0 aliphatic rings. The Hall–Kier alpha value is -1.13. The molecule has 0 saturated heterocycles. The molecule has 1 rings (SSSR count). The third-order valence-corrected chi connectivity index (χ3v) is 3.21. The molecule has 0 saturated carbocycles. The van der Waals surface area contributed by atoms with Crippen LogP contribution >= 0.6 is 15.9 Å². The summed E-state index contributed by atoms with van der Waals surface area (Å²) in [5.41, 5.74) is 1.18. The third kappa shape index (κ3) is 5.47. The van der Waals surface area contributed by atoms with Gasteiger partial charge in [0.25, 0.3) is 0 Å². The molecule has 0 fully saturated rings. The quantitative estimate of drug-likeness (QED) is 0.695. The summed E-state index contributed by atoms with van der Waals surface area (Å²) in [6.45, 7) is 15.4. The second kappa shape index (κ2) is 8.93. The van der Waals surface area contributed by atoms with Gasteiger partial charge in [-0.3, -0.25) is 0 Å². The van der Waals surface area contributed by atoms with E-state index < -0.39 is 0 Å². The number of anilines is 1. The first-order chi connectivity index (χ1) is 9.58. The van der Waals surface area contributed by atoms with Gasteiger partial charge in [0.2, 0.25) is 0 Å². The molecule has 0 spiro atoms. The van der Waals surface area contributed by atoms with Crippen LogP contribution in [0, 0.1) is 5.92 Å². The monoisotopic (exact) mass is 337 g/mol. The van der Waals surface area contributed by atoms with Gasteiger partial charge in [-0.1, -0.05) is 26.0 Å². The van der Waals surface area contributed by atoms with E-state index in [2.05, 4.69) is 64.2 Å². The fraction of sp³-hybridized carbons (Fsp3) is 0.438. The summed E-state index contributed by atoms with van der Waals surface area (Å²) in [6, 6.07) is 2.12. The van der Waals surface area contributed by atoms with Crippen molar-refractivity contribution < 1.29 is 0 Å². The van der Waals surface area contributed by atoms with Crippen LogP contribution in [0.2, 0.25) is 0 Å². The average Bonchev–Trinajstić information content (AvgIpc) is 2.38. The van der Waals surface area contributed by atoms with Crippen LogP contribution in [-0.2, 0) is 6.54 Å². The Kier molecular flexibility index (Phi) is 7.55. The first-order valence-electron chi connectivity index (χ1n) is 6.90. The fourth-order valence-electron chi connectivity index (χ4n) is 1.94. The molecule has 0 aliphatic carbocycles. The summed E-state index contributed by atoms with van der Waals surface area (Å²) < 4.78 is 1.000. The molecule has 0 atom stereocenters. The lowest BCUT2D eigenvalue weighted by molar-refractivity contribution is 0.551. The molecule has 3 nitrogen and oxygen atoms in total. The zero-order valence-corrected chi connectivity index (χ0v) is 14.0. The van der Waals surface area contributed by atoms with Crippen LogP contribution < -0.4 is 10.2 Å². The molecule has 1 aromatic rings. The van der Waals surface area contributed by atoms with E-state index in [0.717, 1.165) is 36.5 Å². The summed E-state index contributed by atoms with van der Waals surface area (Å²) >= 11 is 3.50. The van der Waals surface area contributed by atoms with Crippen molar-refractivity contribution in [2.45, 2.75) is 20.4 Å². The van der Waals surface area contributed by atoms with Crippen LogP contribution in [0.25, 0.3) is 0 Å². The van der Waals surface area contributed by atoms with Crippen LogP contribution in [0.5, 0.6) is 0 Å². The molecule has 0 aromatic carbocycles. The van der Waals surface area contributed by atoms with E-state index >= 15 is 0 Å². The van der Waals surface area contributed by atoms with Gasteiger partial charge in [-0.2, -0.15) is 0 Å². The minimum absolute atomic E-state index is 0.635. The molecular formula is C16H24BrN3. The Bertz CT molecular complexity index is 433. The van der Waals surface area contributed by atoms with Gasteiger partial charge in [0.15, 0.2) is 0 Å². The number of aromatic nitrogens is 1. The molecule has 20 heavy (non-hydrogen) atoms. The van der Waals surface area contributed by atoms with Gasteiger partial charge in [0.05, 0.1) is 0 Å². The molecular weight excluding hydrogens is 314 g/mol. The largest absolute Gasteiger partial charge is 0.349 e. The Labute approximate surface area is 130 Å². The number of nitrogens with one attached hydrogen (secondary N) is 1. The van der Waals surface area contributed by atoms with Crippen molar-refractivity contribution in [1.29, 1.82) is 0 Å². The van der Waals surface area contributed by atoms with Gasteiger partial charge in [-0.05, 0) is 34.5 Å². The molecule has 0 amide bonds. The summed E-state index contributed by atoms with van der Waals surface area (Å²) in [7, 11) is 0. The molecule has 0 radical (unpaired) electrons. The highest BCUT2D eigenvalue weighted by Crippen LogP contribution is 2.21. The second-order valence-electron chi connectivity index (χ2n) is 5.14. The van der Waals surface area contributed by atoms with Crippen molar-refractivity contribution in [2.24, 2.45) is 5.92 Å². The highest BCUT2D eigenvalue weighted by Gasteiger charge is 2.11. The van der Waals surface area contributed by atoms with Crippen LogP contribution in [-0.4, -0.2) is 24.6 Å². The first kappa shape index (κ1) is 16.9. The maximum absolute atomic E-state index is 4.56. The number of halogens is 1. The van der Waals surface area contributed by atoms with Gasteiger partial charge in [0, 0.05) is 35.9 Å². The standard InChI is InChI=1S/C16H24BrN3/c1-5-7-20(8-6-2)16-14(9-15(17)12-19-16)11-18-10-13(3)4/h5-6,9,12-13,18H,1-2,7-8,10-11H2,3-4H3. The normalized spacial score (nSPS) is 10.6. The van der Waals surface area contributed by atoms with Gasteiger partial charge in [-0.25, -0.2) is 4.98 Å².